The molecule has 0 aliphatic carbocycles. The molecule has 0 bridgehead atoms. The summed E-state index contributed by atoms with van der Waals surface area (Å²) in [6.45, 7) is 4.06. The second kappa shape index (κ2) is 10.1. The summed E-state index contributed by atoms with van der Waals surface area (Å²) in [6.07, 6.45) is 1.43. The largest absolute Gasteiger partial charge is 0.504 e. The zero-order valence-corrected chi connectivity index (χ0v) is 19.0. The van der Waals surface area contributed by atoms with Gasteiger partial charge in [0.1, 0.15) is 18.1 Å². The van der Waals surface area contributed by atoms with Crippen molar-refractivity contribution in [1.82, 2.24) is 5.43 Å². The molecule has 0 fully saturated rings. The van der Waals surface area contributed by atoms with E-state index in [0.717, 1.165) is 28.8 Å². The van der Waals surface area contributed by atoms with Crippen LogP contribution in [0.15, 0.2) is 47.6 Å². The third-order valence-electron chi connectivity index (χ3n) is 4.82. The van der Waals surface area contributed by atoms with Gasteiger partial charge in [0.2, 0.25) is 0 Å². The first kappa shape index (κ1) is 23.7. The molecule has 0 heterocycles. The maximum Gasteiger partial charge on any atom is 0.271 e. The minimum atomic E-state index is -0.702. The smallest absolute Gasteiger partial charge is 0.271 e. The van der Waals surface area contributed by atoms with Crippen LogP contribution in [0.5, 0.6) is 28.7 Å². The van der Waals surface area contributed by atoms with Crippen molar-refractivity contribution < 1.29 is 29.6 Å². The minimum absolute atomic E-state index is 0.0719. The molecule has 0 saturated carbocycles. The van der Waals surface area contributed by atoms with Gasteiger partial charge in [0.05, 0.1) is 13.3 Å². The standard InChI is InChI=1S/C24H23ClN2O6/c1-13-6-18(7-14(2)22(13)25)33-12-17-8-15(4-5-21(17)32-3)11-26-27-24(31)16-9-19(28)23(30)20(29)10-16/h4-11,28-30H,12H2,1-3H3,(H,27,31)/b26-11+. The number of aryl methyl sites for hydroxylation is 2. The summed E-state index contributed by atoms with van der Waals surface area (Å²) in [5.74, 6) is -1.30. The maximum absolute atomic E-state index is 12.2. The van der Waals surface area contributed by atoms with Crippen LogP contribution in [0.4, 0.5) is 0 Å². The molecule has 1 amide bonds. The predicted molar refractivity (Wildman–Crippen MR) is 125 cm³/mol. The number of phenols is 3. The number of methoxy groups -OCH3 is 1. The van der Waals surface area contributed by atoms with Crippen molar-refractivity contribution in [3.63, 3.8) is 0 Å². The van der Waals surface area contributed by atoms with Gasteiger partial charge in [-0.05, 0) is 73.0 Å². The third kappa shape index (κ3) is 5.67. The van der Waals surface area contributed by atoms with Crippen molar-refractivity contribution in [3.05, 3.63) is 75.3 Å². The van der Waals surface area contributed by atoms with Crippen LogP contribution in [0.25, 0.3) is 0 Å². The van der Waals surface area contributed by atoms with Crippen molar-refractivity contribution in [2.45, 2.75) is 20.5 Å². The van der Waals surface area contributed by atoms with E-state index >= 15 is 0 Å². The molecular formula is C24H23ClN2O6. The van der Waals surface area contributed by atoms with Gasteiger partial charge >= 0.3 is 0 Å². The quantitative estimate of drug-likeness (QED) is 0.230. The molecule has 0 unspecified atom stereocenters. The molecular weight excluding hydrogens is 448 g/mol. The molecule has 0 atom stereocenters. The number of amides is 1. The van der Waals surface area contributed by atoms with Gasteiger partial charge < -0.3 is 24.8 Å². The van der Waals surface area contributed by atoms with E-state index in [1.165, 1.54) is 6.21 Å². The zero-order chi connectivity index (χ0) is 24.1. The fourth-order valence-corrected chi connectivity index (χ4v) is 3.22. The number of ether oxygens (including phenoxy) is 2. The predicted octanol–water partition coefficient (Wildman–Crippen LogP) is 4.43. The van der Waals surface area contributed by atoms with Gasteiger partial charge in [-0.2, -0.15) is 5.10 Å². The van der Waals surface area contributed by atoms with Gasteiger partial charge in [-0.15, -0.1) is 0 Å². The highest BCUT2D eigenvalue weighted by atomic mass is 35.5. The molecule has 8 nitrogen and oxygen atoms in total. The Hall–Kier alpha value is -3.91. The molecule has 0 radical (unpaired) electrons. The van der Waals surface area contributed by atoms with Crippen molar-refractivity contribution in [2.24, 2.45) is 5.10 Å². The highest BCUT2D eigenvalue weighted by molar-refractivity contribution is 6.32. The van der Waals surface area contributed by atoms with Gasteiger partial charge in [0, 0.05) is 16.1 Å². The van der Waals surface area contributed by atoms with Crippen molar-refractivity contribution in [3.8, 4) is 28.7 Å². The molecule has 3 rings (SSSR count). The number of hydrogen-bond acceptors (Lipinski definition) is 7. The van der Waals surface area contributed by atoms with Gasteiger partial charge in [-0.3, -0.25) is 4.79 Å². The lowest BCUT2D eigenvalue weighted by Crippen LogP contribution is -2.17. The summed E-state index contributed by atoms with van der Waals surface area (Å²) in [5.41, 5.74) is 5.51. The lowest BCUT2D eigenvalue weighted by Gasteiger charge is -2.13. The Morgan fingerprint density at radius 2 is 1.70 bits per heavy atom. The Balaban J connectivity index is 1.71. The summed E-state index contributed by atoms with van der Waals surface area (Å²) in [7, 11) is 1.56. The maximum atomic E-state index is 12.2. The number of carbonyl (C=O) groups excluding carboxylic acids is 1. The number of carbonyl (C=O) groups is 1. The second-order valence-electron chi connectivity index (χ2n) is 7.29. The van der Waals surface area contributed by atoms with E-state index in [9.17, 15) is 20.1 Å². The molecule has 0 aliphatic rings. The molecule has 0 aromatic heterocycles. The van der Waals surface area contributed by atoms with Crippen LogP contribution in [0.3, 0.4) is 0 Å². The van der Waals surface area contributed by atoms with E-state index in [1.54, 1.807) is 19.2 Å². The Labute approximate surface area is 195 Å². The summed E-state index contributed by atoms with van der Waals surface area (Å²) in [4.78, 5) is 12.2. The van der Waals surface area contributed by atoms with Crippen LogP contribution < -0.4 is 14.9 Å². The molecule has 0 saturated heterocycles. The number of phenolic OH excluding ortho intramolecular Hbond substituents is 3. The van der Waals surface area contributed by atoms with Crippen LogP contribution in [0.1, 0.15) is 32.6 Å². The Kier molecular flexibility index (Phi) is 7.30. The number of aromatic hydroxyl groups is 3. The number of nitrogens with one attached hydrogen (secondary N) is 1. The number of halogens is 1. The SMILES string of the molecule is COc1ccc(/C=N/NC(=O)c2cc(O)c(O)c(O)c2)cc1COc1cc(C)c(Cl)c(C)c1. The fraction of sp³-hybridized carbons (Fsp3) is 0.167. The Bertz CT molecular complexity index is 1180. The number of rotatable bonds is 7. The number of hydrogen-bond donors (Lipinski definition) is 4. The normalized spacial score (nSPS) is 10.9. The van der Waals surface area contributed by atoms with E-state index in [4.69, 9.17) is 21.1 Å². The van der Waals surface area contributed by atoms with Crippen LogP contribution in [0, 0.1) is 13.8 Å². The van der Waals surface area contributed by atoms with Crippen LogP contribution in [-0.2, 0) is 6.61 Å². The van der Waals surface area contributed by atoms with Gasteiger partial charge in [-0.25, -0.2) is 5.43 Å². The number of nitrogens with zero attached hydrogens (tertiary/aromatic N) is 1. The topological polar surface area (TPSA) is 121 Å². The Morgan fingerprint density at radius 3 is 2.30 bits per heavy atom. The third-order valence-corrected chi connectivity index (χ3v) is 5.42. The zero-order valence-electron chi connectivity index (χ0n) is 18.2. The molecule has 0 spiro atoms. The lowest BCUT2D eigenvalue weighted by molar-refractivity contribution is 0.0954. The minimum Gasteiger partial charge on any atom is -0.504 e. The van der Waals surface area contributed by atoms with Crippen LogP contribution in [0.2, 0.25) is 5.02 Å². The molecule has 33 heavy (non-hydrogen) atoms. The van der Waals surface area contributed by atoms with Crippen molar-refractivity contribution in [2.75, 3.05) is 7.11 Å². The first-order chi connectivity index (χ1) is 15.7. The lowest BCUT2D eigenvalue weighted by atomic mass is 10.1. The van der Waals surface area contributed by atoms with E-state index in [1.807, 2.05) is 32.0 Å². The van der Waals surface area contributed by atoms with E-state index < -0.39 is 23.2 Å². The number of hydrazone groups is 1. The molecule has 172 valence electrons. The van der Waals surface area contributed by atoms with Crippen LogP contribution >= 0.6 is 11.6 Å². The molecule has 3 aromatic rings. The van der Waals surface area contributed by atoms with Gasteiger partial charge in [-0.1, -0.05) is 11.6 Å². The summed E-state index contributed by atoms with van der Waals surface area (Å²) in [5, 5.41) is 33.0. The molecule has 9 heteroatoms. The number of benzene rings is 3. The monoisotopic (exact) mass is 470 g/mol. The average Bonchev–Trinajstić information content (AvgIpc) is 2.79. The highest BCUT2D eigenvalue weighted by Crippen LogP contribution is 2.35. The van der Waals surface area contributed by atoms with Crippen molar-refractivity contribution >= 4 is 23.7 Å². The summed E-state index contributed by atoms with van der Waals surface area (Å²) >= 11 is 6.21. The van der Waals surface area contributed by atoms with Gasteiger partial charge in [0.15, 0.2) is 17.2 Å². The highest BCUT2D eigenvalue weighted by Gasteiger charge is 2.13. The van der Waals surface area contributed by atoms with E-state index in [2.05, 4.69) is 10.5 Å². The molecule has 0 aliphatic heterocycles. The van der Waals surface area contributed by atoms with Crippen molar-refractivity contribution in [1.29, 1.82) is 0 Å². The summed E-state index contributed by atoms with van der Waals surface area (Å²) < 4.78 is 11.3. The molecule has 4 N–H and O–H groups in total. The average molecular weight is 471 g/mol. The fourth-order valence-electron chi connectivity index (χ4n) is 3.11. The van der Waals surface area contributed by atoms with Gasteiger partial charge in [0.25, 0.3) is 5.91 Å². The molecule has 3 aromatic carbocycles. The second-order valence-corrected chi connectivity index (χ2v) is 7.67. The summed E-state index contributed by atoms with van der Waals surface area (Å²) in [6, 6.07) is 11.1. The first-order valence-electron chi connectivity index (χ1n) is 9.84. The van der Waals surface area contributed by atoms with E-state index in [0.29, 0.717) is 22.1 Å². The first-order valence-corrected chi connectivity index (χ1v) is 10.2. The van der Waals surface area contributed by atoms with E-state index in [-0.39, 0.29) is 12.2 Å². The Morgan fingerprint density at radius 1 is 1.06 bits per heavy atom. The van der Waals surface area contributed by atoms with Crippen LogP contribution in [-0.4, -0.2) is 34.6 Å².